The van der Waals surface area contributed by atoms with Crippen LogP contribution in [0.5, 0.6) is 0 Å². The summed E-state index contributed by atoms with van der Waals surface area (Å²) in [5.41, 5.74) is 1.05. The highest BCUT2D eigenvalue weighted by Gasteiger charge is 2.27. The minimum Gasteiger partial charge on any atom is -0.353 e. The van der Waals surface area contributed by atoms with E-state index in [0.717, 1.165) is 63.4 Å². The molecule has 4 rings (SSSR count). The summed E-state index contributed by atoms with van der Waals surface area (Å²) in [5, 5.41) is 17.6. The van der Waals surface area contributed by atoms with E-state index in [1.54, 1.807) is 12.1 Å². The van der Waals surface area contributed by atoms with E-state index in [2.05, 4.69) is 20.4 Å². The largest absolute Gasteiger partial charge is 0.353 e. The van der Waals surface area contributed by atoms with Crippen LogP contribution in [0, 0.1) is 10.1 Å². The van der Waals surface area contributed by atoms with E-state index in [0.29, 0.717) is 25.2 Å². The van der Waals surface area contributed by atoms with Gasteiger partial charge in [0.1, 0.15) is 0 Å². The maximum atomic E-state index is 12.1. The van der Waals surface area contributed by atoms with Gasteiger partial charge in [0.2, 0.25) is 5.91 Å². The number of nitro groups is 1. The molecule has 9 nitrogen and oxygen atoms in total. The van der Waals surface area contributed by atoms with Crippen molar-refractivity contribution in [2.24, 2.45) is 4.99 Å². The zero-order chi connectivity index (χ0) is 21.6. The van der Waals surface area contributed by atoms with Crippen LogP contribution in [-0.4, -0.2) is 71.4 Å². The molecule has 2 N–H and O–H groups in total. The molecule has 0 spiro atoms. The van der Waals surface area contributed by atoms with Crippen molar-refractivity contribution in [3.63, 3.8) is 0 Å². The molecular weight excluding hydrogens is 523 g/mol. The summed E-state index contributed by atoms with van der Waals surface area (Å²) < 4.78 is 0. The molecule has 1 amide bonds. The van der Waals surface area contributed by atoms with Gasteiger partial charge in [0.15, 0.2) is 5.96 Å². The minimum absolute atomic E-state index is 0. The Morgan fingerprint density at radius 1 is 1.00 bits per heavy atom. The third kappa shape index (κ3) is 7.29. The monoisotopic (exact) mass is 556 g/mol. The first-order valence-corrected chi connectivity index (χ1v) is 11.4. The van der Waals surface area contributed by atoms with Gasteiger partial charge in [-0.1, -0.05) is 25.0 Å². The topological polar surface area (TPSA) is 103 Å². The lowest BCUT2D eigenvalue weighted by atomic mass is 10.2. The fourth-order valence-electron chi connectivity index (χ4n) is 4.20. The van der Waals surface area contributed by atoms with E-state index in [-0.39, 0.29) is 40.5 Å². The number of hydrogen-bond donors (Lipinski definition) is 2. The number of nitrogens with zero attached hydrogens (tertiary/aromatic N) is 4. The van der Waals surface area contributed by atoms with Crippen LogP contribution in [0.25, 0.3) is 0 Å². The average molecular weight is 556 g/mol. The Balaban J connectivity index is 0.00000289. The van der Waals surface area contributed by atoms with Crippen molar-refractivity contribution in [3.8, 4) is 0 Å². The molecule has 1 saturated heterocycles. The van der Waals surface area contributed by atoms with E-state index in [1.165, 1.54) is 25.0 Å². The summed E-state index contributed by atoms with van der Waals surface area (Å²) >= 11 is 0. The van der Waals surface area contributed by atoms with E-state index >= 15 is 0 Å². The van der Waals surface area contributed by atoms with E-state index in [9.17, 15) is 14.9 Å². The van der Waals surface area contributed by atoms with Gasteiger partial charge in [-0.2, -0.15) is 0 Å². The van der Waals surface area contributed by atoms with Gasteiger partial charge in [0.05, 0.1) is 18.0 Å². The summed E-state index contributed by atoms with van der Waals surface area (Å²) in [6.45, 7) is 4.28. The fourth-order valence-corrected chi connectivity index (χ4v) is 4.20. The Labute approximate surface area is 206 Å². The lowest BCUT2D eigenvalue weighted by molar-refractivity contribution is -0.384. The average Bonchev–Trinajstić information content (AvgIpc) is 3.42. The highest BCUT2D eigenvalue weighted by Crippen LogP contribution is 2.19. The Hall–Kier alpha value is -1.95. The number of rotatable bonds is 7. The molecule has 1 aromatic carbocycles. The van der Waals surface area contributed by atoms with Crippen molar-refractivity contribution in [1.29, 1.82) is 0 Å². The Morgan fingerprint density at radius 3 is 2.22 bits per heavy atom. The second-order valence-corrected chi connectivity index (χ2v) is 8.79. The molecule has 3 aliphatic rings. The van der Waals surface area contributed by atoms with Gasteiger partial charge < -0.3 is 15.5 Å². The molecule has 0 radical (unpaired) electrons. The van der Waals surface area contributed by atoms with Gasteiger partial charge in [-0.25, -0.2) is 4.99 Å². The predicted molar refractivity (Wildman–Crippen MR) is 134 cm³/mol. The molecule has 0 unspecified atom stereocenters. The number of non-ortho nitro benzene ring substituents is 1. The second kappa shape index (κ2) is 11.8. The van der Waals surface area contributed by atoms with E-state index in [4.69, 9.17) is 4.99 Å². The Bertz CT molecular complexity index is 800. The molecule has 1 heterocycles. The zero-order valence-corrected chi connectivity index (χ0v) is 20.7. The van der Waals surface area contributed by atoms with Gasteiger partial charge in [-0.05, 0) is 31.2 Å². The molecule has 0 atom stereocenters. The van der Waals surface area contributed by atoms with Crippen LogP contribution >= 0.6 is 24.0 Å². The first-order valence-electron chi connectivity index (χ1n) is 11.4. The number of benzene rings is 1. The molecular formula is C22H33IN6O3. The third-order valence-corrected chi connectivity index (χ3v) is 6.23. The first-order chi connectivity index (χ1) is 15.1. The number of guanidine groups is 1. The van der Waals surface area contributed by atoms with Crippen molar-refractivity contribution in [1.82, 2.24) is 20.4 Å². The Kier molecular flexibility index (Phi) is 9.09. The highest BCUT2D eigenvalue weighted by molar-refractivity contribution is 14.0. The SMILES string of the molecule is I.O=C(CN1CCN(C(=NCc2ccc([N+](=O)[O-])cc2)NC2CCCC2)CC1)NC1CC1. The molecule has 0 aromatic heterocycles. The molecule has 2 saturated carbocycles. The lowest BCUT2D eigenvalue weighted by Gasteiger charge is -2.37. The fraction of sp³-hybridized carbons (Fsp3) is 0.636. The minimum atomic E-state index is -0.384. The molecule has 32 heavy (non-hydrogen) atoms. The predicted octanol–water partition coefficient (Wildman–Crippen LogP) is 2.50. The number of nitro benzene ring substituents is 1. The zero-order valence-electron chi connectivity index (χ0n) is 18.4. The number of nitrogens with one attached hydrogen (secondary N) is 2. The maximum absolute atomic E-state index is 12.1. The van der Waals surface area contributed by atoms with Crippen molar-refractivity contribution in [2.45, 2.75) is 57.2 Å². The van der Waals surface area contributed by atoms with E-state index < -0.39 is 0 Å². The quantitative estimate of drug-likeness (QED) is 0.176. The van der Waals surface area contributed by atoms with E-state index in [1.807, 2.05) is 0 Å². The second-order valence-electron chi connectivity index (χ2n) is 8.79. The van der Waals surface area contributed by atoms with Crippen LogP contribution in [0.15, 0.2) is 29.3 Å². The maximum Gasteiger partial charge on any atom is 0.269 e. The molecule has 1 aliphatic heterocycles. The Morgan fingerprint density at radius 2 is 1.62 bits per heavy atom. The van der Waals surface area contributed by atoms with Crippen molar-refractivity contribution >= 4 is 41.5 Å². The number of amides is 1. The van der Waals surface area contributed by atoms with Gasteiger partial charge in [-0.15, -0.1) is 24.0 Å². The smallest absolute Gasteiger partial charge is 0.269 e. The van der Waals surface area contributed by atoms with Gasteiger partial charge in [0, 0.05) is 50.4 Å². The molecule has 0 bridgehead atoms. The first kappa shape index (κ1) is 24.7. The van der Waals surface area contributed by atoms with Crippen LogP contribution in [0.2, 0.25) is 0 Å². The van der Waals surface area contributed by atoms with Crippen LogP contribution in [-0.2, 0) is 11.3 Å². The van der Waals surface area contributed by atoms with Gasteiger partial charge in [0.25, 0.3) is 5.69 Å². The van der Waals surface area contributed by atoms with Crippen LogP contribution < -0.4 is 10.6 Å². The molecule has 3 fully saturated rings. The molecule has 10 heteroatoms. The highest BCUT2D eigenvalue weighted by atomic mass is 127. The van der Waals surface area contributed by atoms with Gasteiger partial charge >= 0.3 is 0 Å². The number of halogens is 1. The summed E-state index contributed by atoms with van der Waals surface area (Å²) in [6, 6.07) is 7.46. The molecule has 2 aliphatic carbocycles. The number of carbonyl (C=O) groups excluding carboxylic acids is 1. The summed E-state index contributed by atoms with van der Waals surface area (Å²) in [4.78, 5) is 31.9. The third-order valence-electron chi connectivity index (χ3n) is 6.23. The number of hydrogen-bond acceptors (Lipinski definition) is 5. The number of aliphatic imine (C=N–C) groups is 1. The van der Waals surface area contributed by atoms with Crippen molar-refractivity contribution in [2.75, 3.05) is 32.7 Å². The number of piperazine rings is 1. The normalized spacial score (nSPS) is 20.0. The van der Waals surface area contributed by atoms with Crippen molar-refractivity contribution < 1.29 is 9.72 Å². The lowest BCUT2D eigenvalue weighted by Crippen LogP contribution is -2.55. The summed E-state index contributed by atoms with van der Waals surface area (Å²) in [6.07, 6.45) is 7.05. The summed E-state index contributed by atoms with van der Waals surface area (Å²) in [5.74, 6) is 1.04. The van der Waals surface area contributed by atoms with Crippen LogP contribution in [0.3, 0.4) is 0 Å². The van der Waals surface area contributed by atoms with Gasteiger partial charge in [-0.3, -0.25) is 19.8 Å². The van der Waals surface area contributed by atoms with Crippen LogP contribution in [0.1, 0.15) is 44.1 Å². The molecule has 176 valence electrons. The standard InChI is InChI=1S/C22H32N6O3.HI/c29-21(24-19-7-8-19)16-26-11-13-27(14-12-26)22(25-18-3-1-2-4-18)23-15-17-5-9-20(10-6-17)28(30)31;/h5-6,9-10,18-19H,1-4,7-8,11-16H2,(H,23,25)(H,24,29);1H. The molecule has 1 aromatic rings. The van der Waals surface area contributed by atoms with Crippen molar-refractivity contribution in [3.05, 3.63) is 39.9 Å². The summed E-state index contributed by atoms with van der Waals surface area (Å²) in [7, 11) is 0. The number of carbonyl (C=O) groups is 1. The van der Waals surface area contributed by atoms with Crippen LogP contribution in [0.4, 0.5) is 5.69 Å².